The van der Waals surface area contributed by atoms with Crippen molar-refractivity contribution in [3.05, 3.63) is 22.4 Å². The predicted molar refractivity (Wildman–Crippen MR) is 72.9 cm³/mol. The van der Waals surface area contributed by atoms with Gasteiger partial charge in [-0.2, -0.15) is 0 Å². The highest BCUT2D eigenvalue weighted by Gasteiger charge is 2.18. The van der Waals surface area contributed by atoms with Gasteiger partial charge in [0.15, 0.2) is 0 Å². The third-order valence-electron chi connectivity index (χ3n) is 3.52. The van der Waals surface area contributed by atoms with Gasteiger partial charge in [0.2, 0.25) is 0 Å². The molecule has 1 aliphatic rings. The lowest BCUT2D eigenvalue weighted by molar-refractivity contribution is 0.563. The number of fused-ring (bicyclic) bond motifs is 1. The Hall–Kier alpha value is -0.670. The fourth-order valence-corrected chi connectivity index (χ4v) is 3.62. The molecule has 1 saturated carbocycles. The van der Waals surface area contributed by atoms with Gasteiger partial charge in [-0.15, -0.1) is 11.3 Å². The van der Waals surface area contributed by atoms with Crippen molar-refractivity contribution in [1.82, 2.24) is 9.97 Å². The summed E-state index contributed by atoms with van der Waals surface area (Å²) in [4.78, 5) is 10.2. The van der Waals surface area contributed by atoms with Crippen LogP contribution in [0.5, 0.6) is 0 Å². The summed E-state index contributed by atoms with van der Waals surface area (Å²) < 4.78 is 0. The van der Waals surface area contributed by atoms with E-state index in [-0.39, 0.29) is 0 Å². The first-order chi connectivity index (χ1) is 8.34. The van der Waals surface area contributed by atoms with Crippen LogP contribution in [-0.4, -0.2) is 9.97 Å². The molecular weight excluding hydrogens is 252 g/mol. The molecule has 2 nitrogen and oxygen atoms in total. The van der Waals surface area contributed by atoms with E-state index in [4.69, 9.17) is 11.6 Å². The summed E-state index contributed by atoms with van der Waals surface area (Å²) in [6.07, 6.45) is 7.74. The Morgan fingerprint density at radius 2 is 1.88 bits per heavy atom. The maximum Gasteiger partial charge on any atom is 0.141 e. The van der Waals surface area contributed by atoms with Crippen LogP contribution in [0, 0.1) is 0 Å². The Morgan fingerprint density at radius 1 is 1.12 bits per heavy atom. The molecule has 17 heavy (non-hydrogen) atoms. The minimum Gasteiger partial charge on any atom is -0.222 e. The quantitative estimate of drug-likeness (QED) is 0.548. The van der Waals surface area contributed by atoms with Crippen molar-refractivity contribution < 1.29 is 0 Å². The zero-order valence-electron chi connectivity index (χ0n) is 9.66. The standard InChI is InChI=1S/C13H15ClN2S/c14-11-10-7-8-17-13(10)16-12(15-11)9-5-3-1-2-4-6-9/h7-9H,1-6H2. The first kappa shape index (κ1) is 11.4. The van der Waals surface area contributed by atoms with Gasteiger partial charge in [-0.25, -0.2) is 9.97 Å². The Bertz CT molecular complexity index is 515. The second-order valence-electron chi connectivity index (χ2n) is 4.70. The molecule has 0 aliphatic heterocycles. The van der Waals surface area contributed by atoms with Crippen molar-refractivity contribution in [3.8, 4) is 0 Å². The lowest BCUT2D eigenvalue weighted by Crippen LogP contribution is -2.03. The van der Waals surface area contributed by atoms with Crippen LogP contribution in [0.25, 0.3) is 10.2 Å². The van der Waals surface area contributed by atoms with E-state index in [9.17, 15) is 0 Å². The van der Waals surface area contributed by atoms with Crippen LogP contribution in [0.15, 0.2) is 11.4 Å². The molecule has 2 aromatic heterocycles. The number of nitrogens with zero attached hydrogens (tertiary/aromatic N) is 2. The molecular formula is C13H15ClN2S. The third-order valence-corrected chi connectivity index (χ3v) is 4.61. The average Bonchev–Trinajstić information content (AvgIpc) is 2.63. The number of rotatable bonds is 1. The summed E-state index contributed by atoms with van der Waals surface area (Å²) in [6, 6.07) is 2.00. The van der Waals surface area contributed by atoms with Gasteiger partial charge in [0.1, 0.15) is 15.8 Å². The summed E-state index contributed by atoms with van der Waals surface area (Å²) in [6.45, 7) is 0. The lowest BCUT2D eigenvalue weighted by Gasteiger charge is -2.12. The lowest BCUT2D eigenvalue weighted by atomic mass is 9.99. The molecule has 1 aliphatic carbocycles. The maximum absolute atomic E-state index is 6.22. The highest BCUT2D eigenvalue weighted by atomic mass is 35.5. The number of halogens is 1. The molecule has 0 N–H and O–H groups in total. The average molecular weight is 267 g/mol. The second kappa shape index (κ2) is 4.91. The van der Waals surface area contributed by atoms with Crippen molar-refractivity contribution in [1.29, 1.82) is 0 Å². The van der Waals surface area contributed by atoms with Crippen LogP contribution in [0.2, 0.25) is 5.15 Å². The predicted octanol–water partition coefficient (Wildman–Crippen LogP) is 4.78. The SMILES string of the molecule is Clc1nc(C2CCCCCC2)nc2sccc12. The van der Waals surface area contributed by atoms with E-state index >= 15 is 0 Å². The monoisotopic (exact) mass is 266 g/mol. The smallest absolute Gasteiger partial charge is 0.141 e. The molecule has 1 fully saturated rings. The van der Waals surface area contributed by atoms with E-state index in [1.54, 1.807) is 11.3 Å². The van der Waals surface area contributed by atoms with Gasteiger partial charge in [0.25, 0.3) is 0 Å². The van der Waals surface area contributed by atoms with Gasteiger partial charge in [-0.1, -0.05) is 37.3 Å². The molecule has 0 saturated heterocycles. The highest BCUT2D eigenvalue weighted by molar-refractivity contribution is 7.16. The van der Waals surface area contributed by atoms with Crippen LogP contribution in [-0.2, 0) is 0 Å². The fourth-order valence-electron chi connectivity index (χ4n) is 2.55. The van der Waals surface area contributed by atoms with Gasteiger partial charge in [0.05, 0.1) is 0 Å². The molecule has 0 aromatic carbocycles. The fraction of sp³-hybridized carbons (Fsp3) is 0.538. The van der Waals surface area contributed by atoms with Crippen LogP contribution < -0.4 is 0 Å². The molecule has 0 atom stereocenters. The first-order valence-corrected chi connectivity index (χ1v) is 7.51. The molecule has 3 rings (SSSR count). The maximum atomic E-state index is 6.22. The Labute approximate surface area is 110 Å². The van der Waals surface area contributed by atoms with Gasteiger partial charge >= 0.3 is 0 Å². The Kier molecular flexibility index (Phi) is 3.30. The van der Waals surface area contributed by atoms with Gasteiger partial charge < -0.3 is 0 Å². The summed E-state index contributed by atoms with van der Waals surface area (Å²) in [5.41, 5.74) is 0. The van der Waals surface area contributed by atoms with Crippen molar-refractivity contribution in [2.75, 3.05) is 0 Å². The van der Waals surface area contributed by atoms with E-state index < -0.39 is 0 Å². The summed E-state index contributed by atoms with van der Waals surface area (Å²) in [7, 11) is 0. The Balaban J connectivity index is 1.98. The second-order valence-corrected chi connectivity index (χ2v) is 5.95. The van der Waals surface area contributed by atoms with Crippen LogP contribution in [0.3, 0.4) is 0 Å². The van der Waals surface area contributed by atoms with Crippen LogP contribution in [0.1, 0.15) is 50.3 Å². The summed E-state index contributed by atoms with van der Waals surface area (Å²) in [5.74, 6) is 1.48. The molecule has 2 aromatic rings. The van der Waals surface area contributed by atoms with Crippen molar-refractivity contribution in [2.24, 2.45) is 0 Å². The highest BCUT2D eigenvalue weighted by Crippen LogP contribution is 2.33. The topological polar surface area (TPSA) is 25.8 Å². The molecule has 2 heterocycles. The number of aromatic nitrogens is 2. The van der Waals surface area contributed by atoms with Gasteiger partial charge in [-0.3, -0.25) is 0 Å². The number of thiophene rings is 1. The molecule has 0 unspecified atom stereocenters. The van der Waals surface area contributed by atoms with Crippen molar-refractivity contribution in [3.63, 3.8) is 0 Å². The zero-order chi connectivity index (χ0) is 11.7. The largest absolute Gasteiger partial charge is 0.222 e. The van der Waals surface area contributed by atoms with E-state index in [2.05, 4.69) is 9.97 Å². The molecule has 0 radical (unpaired) electrons. The van der Waals surface area contributed by atoms with Crippen LogP contribution in [0.4, 0.5) is 0 Å². The Morgan fingerprint density at radius 3 is 2.65 bits per heavy atom. The third kappa shape index (κ3) is 2.31. The van der Waals surface area contributed by atoms with Gasteiger partial charge in [-0.05, 0) is 24.3 Å². The van der Waals surface area contributed by atoms with Crippen molar-refractivity contribution >= 4 is 33.2 Å². The minimum atomic E-state index is 0.515. The number of hydrogen-bond acceptors (Lipinski definition) is 3. The summed E-state index contributed by atoms with van der Waals surface area (Å²) in [5, 5.41) is 3.65. The van der Waals surface area contributed by atoms with E-state index in [0.717, 1.165) is 16.0 Å². The normalized spacial score (nSPS) is 18.4. The summed E-state index contributed by atoms with van der Waals surface area (Å²) >= 11 is 7.87. The molecule has 0 spiro atoms. The molecule has 90 valence electrons. The van der Waals surface area contributed by atoms with E-state index in [1.807, 2.05) is 11.4 Å². The molecule has 0 amide bonds. The van der Waals surface area contributed by atoms with E-state index in [0.29, 0.717) is 11.1 Å². The first-order valence-electron chi connectivity index (χ1n) is 6.25. The van der Waals surface area contributed by atoms with Crippen molar-refractivity contribution in [2.45, 2.75) is 44.4 Å². The van der Waals surface area contributed by atoms with Crippen LogP contribution >= 0.6 is 22.9 Å². The minimum absolute atomic E-state index is 0.515. The van der Waals surface area contributed by atoms with Gasteiger partial charge in [0, 0.05) is 11.3 Å². The van der Waals surface area contributed by atoms with E-state index in [1.165, 1.54) is 38.5 Å². The number of hydrogen-bond donors (Lipinski definition) is 0. The zero-order valence-corrected chi connectivity index (χ0v) is 11.2. The molecule has 0 bridgehead atoms. The molecule has 4 heteroatoms.